The molecule has 138 valence electrons. The highest BCUT2D eigenvalue weighted by molar-refractivity contribution is 7.89. The molecule has 0 bridgehead atoms. The van der Waals surface area contributed by atoms with Crippen LogP contribution in [0.25, 0.3) is 0 Å². The molecule has 0 saturated carbocycles. The van der Waals surface area contributed by atoms with E-state index < -0.39 is 16.0 Å². The Balaban J connectivity index is 2.07. The SMILES string of the molecule is CC(C)CNC(=O)C1CCN(S(=O)(=O)c2ccccc2C(=O)O)CC1. The zero-order valence-electron chi connectivity index (χ0n) is 14.4. The summed E-state index contributed by atoms with van der Waals surface area (Å²) in [5.41, 5.74) is -0.237. The largest absolute Gasteiger partial charge is 0.478 e. The predicted octanol–water partition coefficient (Wildman–Crippen LogP) is 1.56. The summed E-state index contributed by atoms with van der Waals surface area (Å²) in [6.45, 7) is 5.03. The number of carboxylic acid groups (broad SMARTS) is 1. The summed E-state index contributed by atoms with van der Waals surface area (Å²) in [6.07, 6.45) is 0.858. The lowest BCUT2D eigenvalue weighted by Gasteiger charge is -2.31. The van der Waals surface area contributed by atoms with Crippen LogP contribution >= 0.6 is 0 Å². The maximum absolute atomic E-state index is 12.8. The summed E-state index contributed by atoms with van der Waals surface area (Å²) in [5, 5.41) is 12.1. The van der Waals surface area contributed by atoms with Crippen molar-refractivity contribution in [3.63, 3.8) is 0 Å². The van der Waals surface area contributed by atoms with E-state index in [1.165, 1.54) is 28.6 Å². The molecule has 0 radical (unpaired) electrons. The van der Waals surface area contributed by atoms with E-state index in [2.05, 4.69) is 5.32 Å². The van der Waals surface area contributed by atoms with Crippen molar-refractivity contribution in [2.24, 2.45) is 11.8 Å². The Kier molecular flexibility index (Phi) is 6.18. The molecule has 0 atom stereocenters. The second kappa shape index (κ2) is 7.97. The van der Waals surface area contributed by atoms with Gasteiger partial charge in [-0.3, -0.25) is 4.79 Å². The molecule has 2 N–H and O–H groups in total. The molecule has 1 fully saturated rings. The Morgan fingerprint density at radius 1 is 1.24 bits per heavy atom. The second-order valence-corrected chi connectivity index (χ2v) is 8.53. The van der Waals surface area contributed by atoms with Crippen molar-refractivity contribution < 1.29 is 23.1 Å². The topological polar surface area (TPSA) is 104 Å². The summed E-state index contributed by atoms with van der Waals surface area (Å²) in [5.74, 6) is -1.17. The molecule has 0 spiro atoms. The Labute approximate surface area is 148 Å². The molecule has 1 aromatic carbocycles. The second-order valence-electron chi connectivity index (χ2n) is 6.62. The van der Waals surface area contributed by atoms with Gasteiger partial charge in [0.25, 0.3) is 0 Å². The van der Waals surface area contributed by atoms with Crippen LogP contribution in [0.4, 0.5) is 0 Å². The molecule has 1 heterocycles. The van der Waals surface area contributed by atoms with Crippen molar-refractivity contribution in [1.82, 2.24) is 9.62 Å². The fourth-order valence-corrected chi connectivity index (χ4v) is 4.47. The molecule has 8 heteroatoms. The lowest BCUT2D eigenvalue weighted by Crippen LogP contribution is -2.43. The molecule has 0 aliphatic carbocycles. The summed E-state index contributed by atoms with van der Waals surface area (Å²) in [4.78, 5) is 23.2. The van der Waals surface area contributed by atoms with Crippen molar-refractivity contribution in [3.05, 3.63) is 29.8 Å². The number of benzene rings is 1. The number of amides is 1. The molecule has 25 heavy (non-hydrogen) atoms. The quantitative estimate of drug-likeness (QED) is 0.793. The van der Waals surface area contributed by atoms with Gasteiger partial charge in [-0.1, -0.05) is 26.0 Å². The van der Waals surface area contributed by atoms with E-state index in [0.717, 1.165) is 0 Å². The summed E-state index contributed by atoms with van der Waals surface area (Å²) < 4.78 is 26.8. The van der Waals surface area contributed by atoms with Gasteiger partial charge in [-0.25, -0.2) is 13.2 Å². The number of rotatable bonds is 6. The third-order valence-electron chi connectivity index (χ3n) is 4.24. The first-order valence-corrected chi connectivity index (χ1v) is 9.77. The fourth-order valence-electron chi connectivity index (χ4n) is 2.81. The third-order valence-corrected chi connectivity index (χ3v) is 6.20. The normalized spacial score (nSPS) is 16.8. The molecular formula is C17H24N2O5S. The van der Waals surface area contributed by atoms with Gasteiger partial charge >= 0.3 is 5.97 Å². The van der Waals surface area contributed by atoms with Gasteiger partial charge in [0.2, 0.25) is 15.9 Å². The van der Waals surface area contributed by atoms with Gasteiger partial charge in [0, 0.05) is 25.6 Å². The van der Waals surface area contributed by atoms with Gasteiger partial charge in [-0.15, -0.1) is 0 Å². The smallest absolute Gasteiger partial charge is 0.337 e. The minimum absolute atomic E-state index is 0.0447. The lowest BCUT2D eigenvalue weighted by atomic mass is 9.97. The third kappa shape index (κ3) is 4.58. The van der Waals surface area contributed by atoms with Gasteiger partial charge in [-0.2, -0.15) is 4.31 Å². The molecule has 1 saturated heterocycles. The molecule has 0 unspecified atom stereocenters. The average molecular weight is 368 g/mol. The number of piperidine rings is 1. The predicted molar refractivity (Wildman–Crippen MR) is 92.7 cm³/mol. The van der Waals surface area contributed by atoms with Crippen molar-refractivity contribution in [2.45, 2.75) is 31.6 Å². The number of hydrogen-bond donors (Lipinski definition) is 2. The van der Waals surface area contributed by atoms with E-state index >= 15 is 0 Å². The maximum atomic E-state index is 12.8. The van der Waals surface area contributed by atoms with Gasteiger partial charge in [-0.05, 0) is 30.9 Å². The van der Waals surface area contributed by atoms with Crippen LogP contribution in [0.3, 0.4) is 0 Å². The van der Waals surface area contributed by atoms with Crippen molar-refractivity contribution in [1.29, 1.82) is 0 Å². The van der Waals surface area contributed by atoms with Crippen molar-refractivity contribution in [3.8, 4) is 0 Å². The first-order valence-electron chi connectivity index (χ1n) is 8.33. The molecule has 0 aromatic heterocycles. The highest BCUT2D eigenvalue weighted by atomic mass is 32.2. The molecule has 1 aliphatic rings. The Bertz CT molecular complexity index is 737. The summed E-state index contributed by atoms with van der Waals surface area (Å²) >= 11 is 0. The summed E-state index contributed by atoms with van der Waals surface area (Å²) in [6, 6.07) is 5.58. The Hall–Kier alpha value is -1.93. The van der Waals surface area contributed by atoms with Gasteiger partial charge < -0.3 is 10.4 Å². The number of sulfonamides is 1. The summed E-state index contributed by atoms with van der Waals surface area (Å²) in [7, 11) is -3.89. The van der Waals surface area contributed by atoms with E-state index in [9.17, 15) is 23.1 Å². The minimum atomic E-state index is -3.89. The molecule has 1 aromatic rings. The van der Waals surface area contributed by atoms with Crippen LogP contribution in [0.2, 0.25) is 0 Å². The van der Waals surface area contributed by atoms with Crippen LogP contribution in [-0.4, -0.2) is 49.3 Å². The van der Waals surface area contributed by atoms with E-state index in [1.54, 1.807) is 0 Å². The fraction of sp³-hybridized carbons (Fsp3) is 0.529. The van der Waals surface area contributed by atoms with E-state index in [0.29, 0.717) is 25.3 Å². The number of carbonyl (C=O) groups excluding carboxylic acids is 1. The zero-order valence-corrected chi connectivity index (χ0v) is 15.3. The monoisotopic (exact) mass is 368 g/mol. The average Bonchev–Trinajstić information content (AvgIpc) is 2.59. The van der Waals surface area contributed by atoms with Crippen LogP contribution in [0.5, 0.6) is 0 Å². The van der Waals surface area contributed by atoms with Gasteiger partial charge in [0.1, 0.15) is 0 Å². The van der Waals surface area contributed by atoms with Crippen molar-refractivity contribution >= 4 is 21.9 Å². The highest BCUT2D eigenvalue weighted by Crippen LogP contribution is 2.26. The molecule has 1 amide bonds. The van der Waals surface area contributed by atoms with Crippen LogP contribution < -0.4 is 5.32 Å². The minimum Gasteiger partial charge on any atom is -0.478 e. The standard InChI is InChI=1S/C17H24N2O5S/c1-12(2)11-18-16(20)13-7-9-19(10-8-13)25(23,24)15-6-4-3-5-14(15)17(21)22/h3-6,12-13H,7-11H2,1-2H3,(H,18,20)(H,21,22). The lowest BCUT2D eigenvalue weighted by molar-refractivity contribution is -0.126. The van der Waals surface area contributed by atoms with Crippen molar-refractivity contribution in [2.75, 3.05) is 19.6 Å². The van der Waals surface area contributed by atoms with Crippen LogP contribution in [-0.2, 0) is 14.8 Å². The van der Waals surface area contributed by atoms with Gasteiger partial charge in [0.05, 0.1) is 10.5 Å². The number of carboxylic acids is 1. The zero-order chi connectivity index (χ0) is 18.6. The van der Waals surface area contributed by atoms with E-state index in [1.807, 2.05) is 13.8 Å². The number of carbonyl (C=O) groups is 2. The number of hydrogen-bond acceptors (Lipinski definition) is 4. The first-order chi connectivity index (χ1) is 11.7. The first kappa shape index (κ1) is 19.4. The number of aromatic carboxylic acids is 1. The van der Waals surface area contributed by atoms with E-state index in [4.69, 9.17) is 0 Å². The Morgan fingerprint density at radius 2 is 1.84 bits per heavy atom. The molecular weight excluding hydrogens is 344 g/mol. The Morgan fingerprint density at radius 3 is 2.40 bits per heavy atom. The van der Waals surface area contributed by atoms with Gasteiger partial charge in [0.15, 0.2) is 0 Å². The van der Waals surface area contributed by atoms with Crippen LogP contribution in [0.1, 0.15) is 37.0 Å². The molecule has 2 rings (SSSR count). The number of nitrogens with one attached hydrogen (secondary N) is 1. The molecule has 7 nitrogen and oxygen atoms in total. The maximum Gasteiger partial charge on any atom is 0.337 e. The molecule has 1 aliphatic heterocycles. The van der Waals surface area contributed by atoms with Crippen LogP contribution in [0.15, 0.2) is 29.2 Å². The number of nitrogens with zero attached hydrogens (tertiary/aromatic N) is 1. The van der Waals surface area contributed by atoms with Crippen LogP contribution in [0, 0.1) is 11.8 Å². The van der Waals surface area contributed by atoms with E-state index in [-0.39, 0.29) is 35.4 Å². The highest BCUT2D eigenvalue weighted by Gasteiger charge is 2.34.